The lowest BCUT2D eigenvalue weighted by atomic mass is 9.45. The van der Waals surface area contributed by atoms with Crippen molar-refractivity contribution in [3.63, 3.8) is 0 Å². The molecular weight excluding hydrogens is 545 g/mol. The van der Waals surface area contributed by atoms with Crippen molar-refractivity contribution < 1.29 is 33.6 Å². The molecule has 6 rings (SSSR count). The summed E-state index contributed by atoms with van der Waals surface area (Å²) in [6.45, 7) is 4.15. The molecule has 0 radical (unpaired) electrons. The maximum Gasteiger partial charge on any atom is 0.361 e. The molecule has 7 atom stereocenters. The van der Waals surface area contributed by atoms with Gasteiger partial charge >= 0.3 is 5.97 Å². The van der Waals surface area contributed by atoms with Gasteiger partial charge in [0.2, 0.25) is 5.12 Å². The zero-order chi connectivity index (χ0) is 29.2. The Hall–Kier alpha value is -3.08. The third kappa shape index (κ3) is 4.25. The van der Waals surface area contributed by atoms with E-state index in [1.807, 2.05) is 12.2 Å². The largest absolute Gasteiger partial charge is 0.451 e. The third-order valence-corrected chi connectivity index (χ3v) is 11.0. The molecule has 0 amide bonds. The zero-order valence-electron chi connectivity index (χ0n) is 23.1. The number of oxazole rings is 1. The number of ether oxygens (including phenoxy) is 1. The van der Waals surface area contributed by atoms with E-state index in [1.165, 1.54) is 30.2 Å². The van der Waals surface area contributed by atoms with Crippen molar-refractivity contribution in [1.29, 1.82) is 5.41 Å². The van der Waals surface area contributed by atoms with Gasteiger partial charge in [0.05, 0.1) is 6.10 Å². The van der Waals surface area contributed by atoms with Crippen LogP contribution in [0, 0.1) is 39.8 Å². The number of nitrogens with one attached hydrogen (secondary N) is 1. The number of allylic oxidation sites excluding steroid dienone is 3. The van der Waals surface area contributed by atoms with Gasteiger partial charge < -0.3 is 19.7 Å². The van der Waals surface area contributed by atoms with E-state index in [0.29, 0.717) is 19.3 Å². The predicted molar refractivity (Wildman–Crippen MR) is 151 cm³/mol. The molecule has 8 nitrogen and oxygen atoms in total. The fourth-order valence-electron chi connectivity index (χ4n) is 8.80. The molecule has 2 aromatic rings. The second kappa shape index (κ2) is 10.0. The Morgan fingerprint density at radius 1 is 1.27 bits per heavy atom. The normalized spacial score (nSPS) is 36.1. The molecule has 4 N–H and O–H groups in total. The van der Waals surface area contributed by atoms with Gasteiger partial charge in [0, 0.05) is 29.3 Å². The van der Waals surface area contributed by atoms with Crippen molar-refractivity contribution in [2.24, 2.45) is 28.6 Å². The molecule has 3 fully saturated rings. The van der Waals surface area contributed by atoms with E-state index in [0.717, 1.165) is 36.2 Å². The van der Waals surface area contributed by atoms with Crippen molar-refractivity contribution in [3.8, 4) is 0 Å². The minimum absolute atomic E-state index is 0.0124. The van der Waals surface area contributed by atoms with Gasteiger partial charge in [-0.3, -0.25) is 10.1 Å². The minimum atomic E-state index is -1.48. The van der Waals surface area contributed by atoms with Crippen LogP contribution in [-0.4, -0.2) is 39.1 Å². The molecule has 1 aromatic heterocycles. The van der Waals surface area contributed by atoms with Gasteiger partial charge in [0.1, 0.15) is 23.5 Å². The molecule has 0 saturated heterocycles. The Bertz CT molecular complexity index is 1460. The number of benzene rings is 1. The van der Waals surface area contributed by atoms with Gasteiger partial charge in [-0.15, -0.1) is 12.6 Å². The van der Waals surface area contributed by atoms with E-state index in [4.69, 9.17) is 14.6 Å². The molecular formula is C31H35FN3O5S+. The van der Waals surface area contributed by atoms with Crippen molar-refractivity contribution in [3.05, 3.63) is 71.4 Å². The second-order valence-electron chi connectivity index (χ2n) is 12.5. The summed E-state index contributed by atoms with van der Waals surface area (Å²) in [6, 6.07) is 6.31. The predicted octanol–water partition coefficient (Wildman–Crippen LogP) is 4.51. The molecule has 4 aliphatic carbocycles. The summed E-state index contributed by atoms with van der Waals surface area (Å²) in [5.41, 5.74) is 1.24. The number of aliphatic hydroxyl groups is 1. The number of aliphatic hydroxyl groups excluding tert-OH is 1. The summed E-state index contributed by atoms with van der Waals surface area (Å²) in [5.74, 6) is -0.979. The monoisotopic (exact) mass is 580 g/mol. The Morgan fingerprint density at radius 2 is 2.02 bits per heavy atom. The first kappa shape index (κ1) is 28.1. The Morgan fingerprint density at radius 3 is 2.68 bits per heavy atom. The van der Waals surface area contributed by atoms with E-state index >= 15 is 0 Å². The summed E-state index contributed by atoms with van der Waals surface area (Å²) in [6.07, 6.45) is 8.68. The highest BCUT2D eigenvalue weighted by molar-refractivity contribution is 7.96. The van der Waals surface area contributed by atoms with Crippen molar-refractivity contribution in [2.75, 3.05) is 0 Å². The van der Waals surface area contributed by atoms with Gasteiger partial charge in [-0.2, -0.15) is 0 Å². The van der Waals surface area contributed by atoms with Crippen LogP contribution in [0.25, 0.3) is 0 Å². The quantitative estimate of drug-likeness (QED) is 0.172. The number of thiol groups is 1. The molecule has 0 bridgehead atoms. The number of hydrogen-bond donors (Lipinski definition) is 4. The van der Waals surface area contributed by atoms with E-state index in [9.17, 15) is 19.1 Å². The van der Waals surface area contributed by atoms with Gasteiger partial charge in [0.25, 0.3) is 0 Å². The number of halogens is 1. The van der Waals surface area contributed by atoms with Crippen LogP contribution in [0.5, 0.6) is 0 Å². The molecule has 3 saturated carbocycles. The van der Waals surface area contributed by atoms with Gasteiger partial charge in [-0.1, -0.05) is 19.4 Å². The molecule has 1 heterocycles. The Kier molecular flexibility index (Phi) is 6.86. The molecule has 2 unspecified atom stereocenters. The average molecular weight is 581 g/mol. The molecule has 1 aromatic carbocycles. The van der Waals surface area contributed by atoms with E-state index in [-0.39, 0.29) is 41.1 Å². The highest BCUT2D eigenvalue weighted by Gasteiger charge is 2.70. The summed E-state index contributed by atoms with van der Waals surface area (Å²) in [7, 11) is 0. The summed E-state index contributed by atoms with van der Waals surface area (Å²) < 4.78 is 24.4. The number of nitrogens with two attached hydrogens (primary N) is 1. The number of aromatic nitrogens is 1. The Labute approximate surface area is 243 Å². The topological polar surface area (TPSA) is 130 Å². The number of rotatable bonds is 6. The fourth-order valence-corrected chi connectivity index (χ4v) is 9.21. The molecule has 10 heteroatoms. The van der Waals surface area contributed by atoms with Crippen LogP contribution in [0.15, 0.2) is 64.3 Å². The number of fused-ring (bicyclic) bond motifs is 5. The lowest BCUT2D eigenvalue weighted by Gasteiger charge is -2.60. The van der Waals surface area contributed by atoms with Crippen LogP contribution < -0.4 is 5.32 Å². The number of carbonyl (C=O) groups excluding carboxylic acids is 2. The zero-order valence-corrected chi connectivity index (χ0v) is 24.0. The van der Waals surface area contributed by atoms with Crippen LogP contribution in [0.1, 0.15) is 62.9 Å². The smallest absolute Gasteiger partial charge is 0.361 e. The Balaban J connectivity index is 1.31. The highest BCUT2D eigenvalue weighted by atomic mass is 32.1. The lowest BCUT2D eigenvalue weighted by molar-refractivity contribution is -0.513. The number of hydrogen-bond acceptors (Lipinski definition) is 7. The highest BCUT2D eigenvalue weighted by Crippen LogP contribution is 2.68. The summed E-state index contributed by atoms with van der Waals surface area (Å²) in [4.78, 5) is 30.1. The van der Waals surface area contributed by atoms with Crippen LogP contribution in [-0.2, 0) is 9.53 Å². The van der Waals surface area contributed by atoms with Gasteiger partial charge in [-0.05, 0) is 79.9 Å². The van der Waals surface area contributed by atoms with Crippen LogP contribution in [0.4, 0.5) is 10.1 Å². The van der Waals surface area contributed by atoms with Crippen molar-refractivity contribution in [1.82, 2.24) is 4.98 Å². The van der Waals surface area contributed by atoms with E-state index in [1.54, 1.807) is 12.1 Å². The summed E-state index contributed by atoms with van der Waals surface area (Å²) >= 11 is 4.24. The third-order valence-electron chi connectivity index (χ3n) is 10.7. The number of nitrogens with zero attached hydrogens (tertiary/aromatic N) is 1. The van der Waals surface area contributed by atoms with E-state index < -0.39 is 28.2 Å². The molecule has 41 heavy (non-hydrogen) atoms. The first-order chi connectivity index (χ1) is 19.5. The average Bonchev–Trinajstić information content (AvgIpc) is 3.57. The maximum atomic E-state index is 13.5. The van der Waals surface area contributed by atoms with Crippen molar-refractivity contribution >= 4 is 35.6 Å². The van der Waals surface area contributed by atoms with Crippen LogP contribution in [0.3, 0.4) is 0 Å². The molecule has 216 valence electrons. The van der Waals surface area contributed by atoms with Crippen LogP contribution in [0.2, 0.25) is 0 Å². The molecule has 0 aliphatic heterocycles. The second-order valence-corrected chi connectivity index (χ2v) is 12.9. The first-order valence-corrected chi connectivity index (χ1v) is 14.5. The minimum Gasteiger partial charge on any atom is -0.451 e. The number of quaternary nitrogens is 1. The number of carbonyl (C=O) groups is 2. The van der Waals surface area contributed by atoms with Crippen molar-refractivity contribution in [2.45, 2.75) is 64.1 Å². The molecule has 0 spiro atoms. The van der Waals surface area contributed by atoms with Crippen LogP contribution >= 0.6 is 12.6 Å². The summed E-state index contributed by atoms with van der Waals surface area (Å²) in [5, 5.41) is 21.6. The van der Waals surface area contributed by atoms with E-state index in [2.05, 4.69) is 30.6 Å². The lowest BCUT2D eigenvalue weighted by Crippen LogP contribution is -2.76. The number of esters is 1. The maximum absolute atomic E-state index is 13.5. The van der Waals surface area contributed by atoms with Gasteiger partial charge in [0.15, 0.2) is 17.7 Å². The molecule has 4 aliphatic rings. The van der Waals surface area contributed by atoms with Gasteiger partial charge in [-0.25, -0.2) is 14.2 Å². The fraction of sp³-hybridized carbons (Fsp3) is 0.484. The SMILES string of the molecule is C[C@]12CC(C=N)=C([NH2+]c3ccc(F)cc3)C=C1CC[C@@H]1C2[C@@H](O)C[C@@]2(C)C1CC[C@]2(OC(=O)c1cocn1)C(=O)S. The standard InChI is InChI=1S/C31H34FN3O5S/c1-29-12-17(14-33)23(35-20-6-4-19(32)5-7-20)11-18(29)3-8-21-22-9-10-31(28(38)41,30(22,2)13-25(36)26(21)29)40-27(37)24-15-39-16-34-24/h4-7,11,14-16,21-22,25-26,33,35-36H,3,8-10,12-13H2,1-2H3,(H,38,41)/p+1/t21-,22?,25-,26?,29-,30-,31-/m0/s1. The first-order valence-electron chi connectivity index (χ1n) is 14.1.